The van der Waals surface area contributed by atoms with E-state index in [9.17, 15) is 0 Å². The molecule has 0 unspecified atom stereocenters. The predicted molar refractivity (Wildman–Crippen MR) is 246 cm³/mol. The lowest BCUT2D eigenvalue weighted by atomic mass is 9.97. The quantitative estimate of drug-likeness (QED) is 0.170. The Morgan fingerprint density at radius 1 is 0.386 bits per heavy atom. The van der Waals surface area contributed by atoms with Crippen LogP contribution in [-0.4, -0.2) is 4.57 Å². The molecule has 10 aromatic carbocycles. The minimum atomic E-state index is 1.13. The highest BCUT2D eigenvalue weighted by atomic mass is 32.1. The van der Waals surface area contributed by atoms with Gasteiger partial charge in [0.25, 0.3) is 0 Å². The molecular weight excluding hydrogens is 709 g/mol. The Bertz CT molecular complexity index is 3520. The summed E-state index contributed by atoms with van der Waals surface area (Å²) in [5.41, 5.74) is 9.45. The van der Waals surface area contributed by atoms with Crippen molar-refractivity contribution in [3.05, 3.63) is 206 Å². The Labute approximate surface area is 333 Å². The molecule has 0 aliphatic rings. The Hall–Kier alpha value is -7.20. The summed E-state index contributed by atoms with van der Waals surface area (Å²) in [4.78, 5) is 2.45. The lowest BCUT2D eigenvalue weighted by Crippen LogP contribution is -2.10. The van der Waals surface area contributed by atoms with Gasteiger partial charge in [0.05, 0.1) is 27.1 Å². The van der Waals surface area contributed by atoms with E-state index in [4.69, 9.17) is 0 Å². The highest BCUT2D eigenvalue weighted by molar-refractivity contribution is 7.26. The summed E-state index contributed by atoms with van der Waals surface area (Å²) >= 11 is 1.88. The summed E-state index contributed by atoms with van der Waals surface area (Å²) in [5, 5.41) is 12.6. The second kappa shape index (κ2) is 12.7. The molecular formula is C54H34N2S. The number of rotatable bonds is 5. The summed E-state index contributed by atoms with van der Waals surface area (Å²) in [6.45, 7) is 0. The zero-order valence-corrected chi connectivity index (χ0v) is 31.7. The first kappa shape index (κ1) is 32.1. The molecule has 0 fully saturated rings. The van der Waals surface area contributed by atoms with Crippen LogP contribution in [0.4, 0.5) is 17.1 Å². The largest absolute Gasteiger partial charge is 0.309 e. The highest BCUT2D eigenvalue weighted by Crippen LogP contribution is 2.48. The Morgan fingerprint density at radius 2 is 1.05 bits per heavy atom. The molecule has 2 aromatic heterocycles. The number of anilines is 3. The van der Waals surface area contributed by atoms with Crippen LogP contribution in [0.2, 0.25) is 0 Å². The molecule has 0 aliphatic heterocycles. The van der Waals surface area contributed by atoms with Crippen molar-refractivity contribution in [3.8, 4) is 16.8 Å². The average molecular weight is 743 g/mol. The van der Waals surface area contributed by atoms with Crippen LogP contribution in [0, 0.1) is 0 Å². The zero-order valence-electron chi connectivity index (χ0n) is 30.9. The van der Waals surface area contributed by atoms with Gasteiger partial charge in [-0.15, -0.1) is 11.3 Å². The fourth-order valence-electron chi connectivity index (χ4n) is 9.17. The molecule has 266 valence electrons. The van der Waals surface area contributed by atoms with Gasteiger partial charge in [-0.3, -0.25) is 0 Å². The maximum Gasteiger partial charge on any atom is 0.0640 e. The normalized spacial score (nSPS) is 11.9. The summed E-state index contributed by atoms with van der Waals surface area (Å²) in [6.07, 6.45) is 0. The third-order valence-electron chi connectivity index (χ3n) is 11.7. The number of thiophene rings is 1. The molecule has 0 amide bonds. The Balaban J connectivity index is 1.14. The maximum absolute atomic E-state index is 2.49. The molecule has 0 N–H and O–H groups in total. The van der Waals surface area contributed by atoms with Crippen molar-refractivity contribution in [1.82, 2.24) is 4.57 Å². The number of hydrogen-bond donors (Lipinski definition) is 0. The number of benzene rings is 10. The number of nitrogens with zero attached hydrogens (tertiary/aromatic N) is 2. The van der Waals surface area contributed by atoms with Gasteiger partial charge in [0, 0.05) is 43.0 Å². The first-order valence-corrected chi connectivity index (χ1v) is 20.3. The SMILES string of the molecule is c1ccc(-c2ccc(-n3c4ccc(N(c5ccccc5)c5cccc6c5sc5ccc7ccccc7c56)cc4c4cc5ccccc5cc43)c3ccccc23)cc1. The summed E-state index contributed by atoms with van der Waals surface area (Å²) in [6, 6.07) is 75.7. The van der Waals surface area contributed by atoms with Gasteiger partial charge in [0.2, 0.25) is 0 Å². The molecule has 2 heterocycles. The fourth-order valence-corrected chi connectivity index (χ4v) is 10.4. The van der Waals surface area contributed by atoms with E-state index in [2.05, 4.69) is 216 Å². The number of fused-ring (bicyclic) bond motifs is 10. The van der Waals surface area contributed by atoms with E-state index in [1.165, 1.54) is 96.8 Å². The van der Waals surface area contributed by atoms with Gasteiger partial charge >= 0.3 is 0 Å². The predicted octanol–water partition coefficient (Wildman–Crippen LogP) is 15.7. The first-order chi connectivity index (χ1) is 28.3. The zero-order chi connectivity index (χ0) is 37.5. The molecule has 12 aromatic rings. The van der Waals surface area contributed by atoms with Gasteiger partial charge in [-0.1, -0.05) is 146 Å². The van der Waals surface area contributed by atoms with Gasteiger partial charge < -0.3 is 9.47 Å². The van der Waals surface area contributed by atoms with Crippen molar-refractivity contribution in [2.24, 2.45) is 0 Å². The molecule has 0 saturated carbocycles. The molecule has 12 rings (SSSR count). The topological polar surface area (TPSA) is 8.17 Å². The molecule has 3 heteroatoms. The van der Waals surface area contributed by atoms with Gasteiger partial charge in [-0.2, -0.15) is 0 Å². The van der Waals surface area contributed by atoms with Gasteiger partial charge in [0.15, 0.2) is 0 Å². The fraction of sp³-hybridized carbons (Fsp3) is 0. The molecule has 57 heavy (non-hydrogen) atoms. The van der Waals surface area contributed by atoms with E-state index < -0.39 is 0 Å². The van der Waals surface area contributed by atoms with Crippen LogP contribution >= 0.6 is 11.3 Å². The van der Waals surface area contributed by atoms with Crippen molar-refractivity contribution < 1.29 is 0 Å². The Morgan fingerprint density at radius 3 is 1.88 bits per heavy atom. The molecule has 0 radical (unpaired) electrons. The van der Waals surface area contributed by atoms with Crippen molar-refractivity contribution in [2.75, 3.05) is 4.90 Å². The van der Waals surface area contributed by atoms with Crippen molar-refractivity contribution in [2.45, 2.75) is 0 Å². The third-order valence-corrected chi connectivity index (χ3v) is 12.9. The minimum absolute atomic E-state index is 1.13. The monoisotopic (exact) mass is 742 g/mol. The highest BCUT2D eigenvalue weighted by Gasteiger charge is 2.22. The van der Waals surface area contributed by atoms with Gasteiger partial charge in [0.1, 0.15) is 0 Å². The maximum atomic E-state index is 2.49. The lowest BCUT2D eigenvalue weighted by molar-refractivity contribution is 1.20. The standard InChI is InChI=1S/C54H34N2S/c1-3-14-35(15-4-1)41-28-30-48(44-23-12-11-22-43(41)44)56-49-29-27-40(34-47(49)46-32-37-17-7-8-18-38(37)33-51(46)56)55(39-19-5-2-6-20-39)50-25-13-24-45-53-42-21-10-9-16-36(42)26-31-52(53)57-54(45)50/h1-34H. The summed E-state index contributed by atoms with van der Waals surface area (Å²) < 4.78 is 5.08. The summed E-state index contributed by atoms with van der Waals surface area (Å²) in [7, 11) is 0. The van der Waals surface area contributed by atoms with E-state index in [1.54, 1.807) is 0 Å². The van der Waals surface area contributed by atoms with Crippen molar-refractivity contribution in [3.63, 3.8) is 0 Å². The van der Waals surface area contributed by atoms with Crippen molar-refractivity contribution in [1.29, 1.82) is 0 Å². The smallest absolute Gasteiger partial charge is 0.0640 e. The average Bonchev–Trinajstić information content (AvgIpc) is 3.82. The number of para-hydroxylation sites is 1. The van der Waals surface area contributed by atoms with Crippen LogP contribution < -0.4 is 4.90 Å². The van der Waals surface area contributed by atoms with Gasteiger partial charge in [-0.05, 0) is 98.7 Å². The van der Waals surface area contributed by atoms with Crippen LogP contribution in [0.15, 0.2) is 206 Å². The van der Waals surface area contributed by atoms with E-state index >= 15 is 0 Å². The van der Waals surface area contributed by atoms with Crippen LogP contribution in [0.25, 0.3) is 91.1 Å². The van der Waals surface area contributed by atoms with Crippen LogP contribution in [0.1, 0.15) is 0 Å². The summed E-state index contributed by atoms with van der Waals surface area (Å²) in [5.74, 6) is 0. The van der Waals surface area contributed by atoms with Crippen LogP contribution in [0.3, 0.4) is 0 Å². The third kappa shape index (κ3) is 4.96. The lowest BCUT2D eigenvalue weighted by Gasteiger charge is -2.26. The molecule has 2 nitrogen and oxygen atoms in total. The van der Waals surface area contributed by atoms with Crippen LogP contribution in [-0.2, 0) is 0 Å². The second-order valence-electron chi connectivity index (χ2n) is 14.9. The molecule has 0 atom stereocenters. The molecule has 0 bridgehead atoms. The van der Waals surface area contributed by atoms with E-state index in [1.807, 2.05) is 11.3 Å². The number of hydrogen-bond acceptors (Lipinski definition) is 2. The van der Waals surface area contributed by atoms with E-state index in [0.29, 0.717) is 0 Å². The van der Waals surface area contributed by atoms with E-state index in [-0.39, 0.29) is 0 Å². The van der Waals surface area contributed by atoms with E-state index in [0.717, 1.165) is 11.4 Å². The molecule has 0 spiro atoms. The number of aromatic nitrogens is 1. The first-order valence-electron chi connectivity index (χ1n) is 19.5. The minimum Gasteiger partial charge on any atom is -0.309 e. The second-order valence-corrected chi connectivity index (χ2v) is 15.9. The van der Waals surface area contributed by atoms with Gasteiger partial charge in [-0.25, -0.2) is 0 Å². The van der Waals surface area contributed by atoms with Crippen molar-refractivity contribution >= 4 is 103 Å². The Kier molecular flexibility index (Phi) is 7.13. The van der Waals surface area contributed by atoms with Crippen LogP contribution in [0.5, 0.6) is 0 Å². The molecule has 0 aliphatic carbocycles. The molecule has 0 saturated heterocycles.